The number of hydrogen-bond acceptors (Lipinski definition) is 3. The van der Waals surface area contributed by atoms with E-state index in [1.807, 2.05) is 0 Å². The third kappa shape index (κ3) is 4.75. The van der Waals surface area contributed by atoms with E-state index in [4.69, 9.17) is 4.98 Å². The van der Waals surface area contributed by atoms with E-state index in [1.165, 1.54) is 39.2 Å². The molecule has 0 radical (unpaired) electrons. The van der Waals surface area contributed by atoms with Crippen molar-refractivity contribution in [1.29, 1.82) is 0 Å². The molecule has 0 fully saturated rings. The van der Waals surface area contributed by atoms with Crippen LogP contribution < -0.4 is 10.6 Å². The molecule has 0 saturated heterocycles. The highest BCUT2D eigenvalue weighted by atomic mass is 15.0. The van der Waals surface area contributed by atoms with Gasteiger partial charge in [-0.25, -0.2) is 0 Å². The zero-order chi connectivity index (χ0) is 25.2. The van der Waals surface area contributed by atoms with Gasteiger partial charge in [-0.3, -0.25) is 4.98 Å². The van der Waals surface area contributed by atoms with Gasteiger partial charge >= 0.3 is 0 Å². The molecule has 0 saturated carbocycles. The number of nitrogens with one attached hydrogen (secondary N) is 2. The fraction of sp³-hybridized carbons (Fsp3) is 0.303. The lowest BCUT2D eigenvalue weighted by Gasteiger charge is -2.27. The minimum atomic E-state index is -0.0628. The van der Waals surface area contributed by atoms with E-state index in [2.05, 4.69) is 130 Å². The van der Waals surface area contributed by atoms with Crippen LogP contribution in [0.4, 0.5) is 11.4 Å². The quantitative estimate of drug-likeness (QED) is 0.281. The highest BCUT2D eigenvalue weighted by Crippen LogP contribution is 2.38. The van der Waals surface area contributed by atoms with Gasteiger partial charge in [0.15, 0.2) is 0 Å². The van der Waals surface area contributed by atoms with E-state index in [1.54, 1.807) is 0 Å². The summed E-state index contributed by atoms with van der Waals surface area (Å²) in [6, 6.07) is 30.8. The van der Waals surface area contributed by atoms with Crippen LogP contribution >= 0.6 is 0 Å². The summed E-state index contributed by atoms with van der Waals surface area (Å²) in [6.45, 7) is 11.3. The Labute approximate surface area is 216 Å². The predicted octanol–water partition coefficient (Wildman–Crippen LogP) is 8.55. The van der Waals surface area contributed by atoms with Crippen molar-refractivity contribution >= 4 is 11.4 Å². The molecule has 0 amide bonds. The molecule has 0 bridgehead atoms. The third-order valence-electron chi connectivity index (χ3n) is 7.20. The Balaban J connectivity index is 1.62. The van der Waals surface area contributed by atoms with Crippen molar-refractivity contribution in [2.24, 2.45) is 0 Å². The average molecular weight is 476 g/mol. The van der Waals surface area contributed by atoms with Gasteiger partial charge in [0.05, 0.1) is 17.4 Å². The number of pyridine rings is 1. The maximum atomic E-state index is 5.26. The van der Waals surface area contributed by atoms with Crippen molar-refractivity contribution in [2.75, 3.05) is 10.6 Å². The lowest BCUT2D eigenvalue weighted by molar-refractivity contribution is 0.814. The molecule has 1 aliphatic heterocycles. The number of benzene rings is 3. The average Bonchev–Trinajstić information content (AvgIpc) is 3.27. The maximum absolute atomic E-state index is 5.26. The Morgan fingerprint density at radius 2 is 1.44 bits per heavy atom. The predicted molar refractivity (Wildman–Crippen MR) is 153 cm³/mol. The first kappa shape index (κ1) is 24.1. The minimum Gasteiger partial charge on any atom is -0.381 e. The summed E-state index contributed by atoms with van der Waals surface area (Å²) in [4.78, 5) is 5.26. The number of rotatable bonds is 7. The highest BCUT2D eigenvalue weighted by Gasteiger charge is 2.23. The van der Waals surface area contributed by atoms with Gasteiger partial charge in [-0.15, -0.1) is 0 Å². The van der Waals surface area contributed by atoms with Crippen LogP contribution in [0.1, 0.15) is 80.4 Å². The second-order valence-electron chi connectivity index (χ2n) is 10.6. The van der Waals surface area contributed by atoms with Gasteiger partial charge in [0.25, 0.3) is 0 Å². The largest absolute Gasteiger partial charge is 0.381 e. The van der Waals surface area contributed by atoms with E-state index in [0.29, 0.717) is 17.9 Å². The molecule has 2 atom stereocenters. The molecule has 0 aliphatic carbocycles. The fourth-order valence-corrected chi connectivity index (χ4v) is 5.38. The van der Waals surface area contributed by atoms with Crippen LogP contribution in [0.5, 0.6) is 0 Å². The van der Waals surface area contributed by atoms with Crippen LogP contribution in [-0.4, -0.2) is 11.0 Å². The zero-order valence-electron chi connectivity index (χ0n) is 22.0. The van der Waals surface area contributed by atoms with E-state index < -0.39 is 0 Å². The lowest BCUT2D eigenvalue weighted by Crippen LogP contribution is -2.17. The van der Waals surface area contributed by atoms with Gasteiger partial charge in [-0.2, -0.15) is 0 Å². The van der Waals surface area contributed by atoms with Crippen LogP contribution in [-0.2, 0) is 6.42 Å². The number of hydrogen-bond donors (Lipinski definition) is 2. The van der Waals surface area contributed by atoms with E-state index in [0.717, 1.165) is 17.8 Å². The summed E-state index contributed by atoms with van der Waals surface area (Å²) < 4.78 is 0. The van der Waals surface area contributed by atoms with Crippen LogP contribution in [0.15, 0.2) is 84.9 Å². The maximum Gasteiger partial charge on any atom is 0.0940 e. The fourth-order valence-electron chi connectivity index (χ4n) is 5.38. The Bertz CT molecular complexity index is 1310. The SMILES string of the molecule is CC1Cc2cccc(-c3cccc(C(Nc4c(C(C)C)cccc4C(C)C)c4ccccc4)n3)c2N1. The molecule has 2 unspecified atom stereocenters. The first-order chi connectivity index (χ1) is 17.4. The topological polar surface area (TPSA) is 37.0 Å². The van der Waals surface area contributed by atoms with E-state index in [-0.39, 0.29) is 6.04 Å². The first-order valence-corrected chi connectivity index (χ1v) is 13.2. The number of aromatic nitrogens is 1. The summed E-state index contributed by atoms with van der Waals surface area (Å²) in [5.41, 5.74) is 10.9. The standard InChI is InChI=1S/C33H37N3/c1-21(2)26-15-10-16-27(22(3)4)33(26)36-32(24-12-7-6-8-13-24)30-19-11-18-29(35-30)28-17-9-14-25-20-23(5)34-31(25)28/h6-19,21-23,32,34,36H,20H2,1-5H3. The van der Waals surface area contributed by atoms with Crippen molar-refractivity contribution in [3.63, 3.8) is 0 Å². The molecular weight excluding hydrogens is 438 g/mol. The molecule has 184 valence electrons. The second kappa shape index (κ2) is 10.2. The highest BCUT2D eigenvalue weighted by molar-refractivity contribution is 5.80. The van der Waals surface area contributed by atoms with Crippen LogP contribution in [0.25, 0.3) is 11.3 Å². The summed E-state index contributed by atoms with van der Waals surface area (Å²) in [5, 5.41) is 7.64. The van der Waals surface area contributed by atoms with Gasteiger partial charge in [0, 0.05) is 23.0 Å². The van der Waals surface area contributed by atoms with Gasteiger partial charge in [-0.05, 0) is 59.6 Å². The molecule has 0 spiro atoms. The van der Waals surface area contributed by atoms with Crippen LogP contribution in [0, 0.1) is 0 Å². The molecular formula is C33H37N3. The molecule has 2 N–H and O–H groups in total. The van der Waals surface area contributed by atoms with Gasteiger partial charge in [0.1, 0.15) is 0 Å². The Kier molecular flexibility index (Phi) is 6.82. The van der Waals surface area contributed by atoms with Crippen molar-refractivity contribution in [1.82, 2.24) is 4.98 Å². The van der Waals surface area contributed by atoms with Gasteiger partial charge < -0.3 is 10.6 Å². The Morgan fingerprint density at radius 1 is 0.778 bits per heavy atom. The van der Waals surface area contributed by atoms with E-state index in [9.17, 15) is 0 Å². The third-order valence-corrected chi connectivity index (χ3v) is 7.20. The molecule has 3 heteroatoms. The lowest BCUT2D eigenvalue weighted by atomic mass is 9.91. The van der Waals surface area contributed by atoms with Gasteiger partial charge in [-0.1, -0.05) is 100 Å². The summed E-state index contributed by atoms with van der Waals surface area (Å²) in [6.07, 6.45) is 1.06. The Hall–Kier alpha value is -3.59. The summed E-state index contributed by atoms with van der Waals surface area (Å²) >= 11 is 0. The number of para-hydroxylation sites is 2. The molecule has 2 heterocycles. The molecule has 4 aromatic rings. The molecule has 1 aromatic heterocycles. The molecule has 5 rings (SSSR count). The molecule has 36 heavy (non-hydrogen) atoms. The summed E-state index contributed by atoms with van der Waals surface area (Å²) in [7, 11) is 0. The number of anilines is 2. The van der Waals surface area contributed by atoms with E-state index >= 15 is 0 Å². The molecule has 3 nitrogen and oxygen atoms in total. The van der Waals surface area contributed by atoms with Gasteiger partial charge in [0.2, 0.25) is 0 Å². The van der Waals surface area contributed by atoms with Crippen molar-refractivity contribution in [2.45, 2.75) is 65.0 Å². The monoisotopic (exact) mass is 475 g/mol. The first-order valence-electron chi connectivity index (χ1n) is 13.2. The summed E-state index contributed by atoms with van der Waals surface area (Å²) in [5.74, 6) is 0.837. The van der Waals surface area contributed by atoms with Crippen LogP contribution in [0.3, 0.4) is 0 Å². The number of fused-ring (bicyclic) bond motifs is 1. The van der Waals surface area contributed by atoms with Crippen molar-refractivity contribution in [3.05, 3.63) is 113 Å². The normalized spacial score (nSPS) is 15.6. The van der Waals surface area contributed by atoms with Crippen LogP contribution in [0.2, 0.25) is 0 Å². The van der Waals surface area contributed by atoms with Crippen molar-refractivity contribution in [3.8, 4) is 11.3 Å². The number of nitrogens with zero attached hydrogens (tertiary/aromatic N) is 1. The molecule has 1 aliphatic rings. The minimum absolute atomic E-state index is 0.0628. The second-order valence-corrected chi connectivity index (χ2v) is 10.6. The smallest absolute Gasteiger partial charge is 0.0940 e. The molecule has 3 aromatic carbocycles. The van der Waals surface area contributed by atoms with Crippen molar-refractivity contribution < 1.29 is 0 Å². The Morgan fingerprint density at radius 3 is 2.14 bits per heavy atom. The zero-order valence-corrected chi connectivity index (χ0v) is 22.0.